The number of aromatic nitrogens is 1. The first-order chi connectivity index (χ1) is 7.50. The summed E-state index contributed by atoms with van der Waals surface area (Å²) in [6, 6.07) is 1.36. The first-order valence-electron chi connectivity index (χ1n) is 4.72. The molecular weight excluding hydrogens is 232 g/mol. The van der Waals surface area contributed by atoms with Gasteiger partial charge >= 0.3 is 5.97 Å². The number of hydrogen-bond donors (Lipinski definition) is 2. The van der Waals surface area contributed by atoms with Gasteiger partial charge in [0, 0.05) is 34.9 Å². The van der Waals surface area contributed by atoms with Gasteiger partial charge in [-0.3, -0.25) is 4.21 Å². The Morgan fingerprint density at radius 1 is 1.75 bits per heavy atom. The van der Waals surface area contributed by atoms with E-state index in [2.05, 4.69) is 10.5 Å². The van der Waals surface area contributed by atoms with Gasteiger partial charge in [-0.2, -0.15) is 0 Å². The maximum Gasteiger partial charge on any atom is 0.358 e. The molecule has 1 aromatic rings. The fourth-order valence-electron chi connectivity index (χ4n) is 1.01. The van der Waals surface area contributed by atoms with Crippen molar-refractivity contribution in [3.05, 3.63) is 17.5 Å². The van der Waals surface area contributed by atoms with Crippen LogP contribution in [0.4, 0.5) is 0 Å². The summed E-state index contributed by atoms with van der Waals surface area (Å²) in [5.41, 5.74) is -0.107. The Balaban J connectivity index is 2.37. The van der Waals surface area contributed by atoms with Crippen molar-refractivity contribution in [3.63, 3.8) is 0 Å². The van der Waals surface area contributed by atoms with Crippen LogP contribution < -0.4 is 5.32 Å². The first kappa shape index (κ1) is 12.9. The quantitative estimate of drug-likeness (QED) is 0.746. The summed E-state index contributed by atoms with van der Waals surface area (Å²) >= 11 is 0. The van der Waals surface area contributed by atoms with Gasteiger partial charge in [0.25, 0.3) is 0 Å². The molecule has 0 aliphatic rings. The van der Waals surface area contributed by atoms with Crippen LogP contribution in [-0.2, 0) is 17.3 Å². The van der Waals surface area contributed by atoms with Gasteiger partial charge in [0.2, 0.25) is 0 Å². The maximum atomic E-state index is 11.0. The van der Waals surface area contributed by atoms with E-state index in [1.807, 2.05) is 6.92 Å². The zero-order valence-electron chi connectivity index (χ0n) is 9.10. The van der Waals surface area contributed by atoms with E-state index >= 15 is 0 Å². The highest BCUT2D eigenvalue weighted by Gasteiger charge is 2.11. The van der Waals surface area contributed by atoms with Crippen LogP contribution in [-0.4, -0.2) is 38.5 Å². The Kier molecular flexibility index (Phi) is 4.63. The van der Waals surface area contributed by atoms with Crippen molar-refractivity contribution in [1.82, 2.24) is 10.5 Å². The number of carboxylic acid groups (broad SMARTS) is 1. The zero-order chi connectivity index (χ0) is 12.1. The van der Waals surface area contributed by atoms with Crippen molar-refractivity contribution in [3.8, 4) is 0 Å². The molecule has 0 bridgehead atoms. The van der Waals surface area contributed by atoms with Crippen molar-refractivity contribution in [2.45, 2.75) is 18.7 Å². The third-order valence-electron chi connectivity index (χ3n) is 2.08. The second kappa shape index (κ2) is 5.76. The molecule has 6 nitrogen and oxygen atoms in total. The Morgan fingerprint density at radius 3 is 2.94 bits per heavy atom. The van der Waals surface area contributed by atoms with Crippen molar-refractivity contribution in [1.29, 1.82) is 0 Å². The third kappa shape index (κ3) is 3.74. The summed E-state index contributed by atoms with van der Waals surface area (Å²) in [5, 5.41) is 15.0. The molecule has 2 N–H and O–H groups in total. The Morgan fingerprint density at radius 2 is 2.44 bits per heavy atom. The Hall–Kier alpha value is -1.21. The minimum atomic E-state index is -1.11. The molecule has 0 saturated heterocycles. The molecule has 0 saturated carbocycles. The summed E-state index contributed by atoms with van der Waals surface area (Å²) in [7, 11) is -0.873. The van der Waals surface area contributed by atoms with E-state index in [1.165, 1.54) is 6.07 Å². The topological polar surface area (TPSA) is 92.4 Å². The van der Waals surface area contributed by atoms with E-state index in [0.29, 0.717) is 18.8 Å². The molecule has 0 aliphatic heterocycles. The Labute approximate surface area is 95.5 Å². The average molecular weight is 246 g/mol. The van der Waals surface area contributed by atoms with Gasteiger partial charge in [-0.15, -0.1) is 0 Å². The summed E-state index contributed by atoms with van der Waals surface area (Å²) in [4.78, 5) is 10.5. The second-order valence-electron chi connectivity index (χ2n) is 3.42. The van der Waals surface area contributed by atoms with Crippen LogP contribution >= 0.6 is 0 Å². The van der Waals surface area contributed by atoms with Gasteiger partial charge in [-0.1, -0.05) is 5.16 Å². The highest BCUT2D eigenvalue weighted by atomic mass is 32.2. The van der Waals surface area contributed by atoms with Gasteiger partial charge in [0.1, 0.15) is 0 Å². The highest BCUT2D eigenvalue weighted by Crippen LogP contribution is 2.03. The first-order valence-corrected chi connectivity index (χ1v) is 6.34. The van der Waals surface area contributed by atoms with Gasteiger partial charge in [-0.05, 0) is 6.92 Å². The molecule has 0 aliphatic carbocycles. The number of nitrogens with zero attached hydrogens (tertiary/aromatic N) is 1. The average Bonchev–Trinajstić information content (AvgIpc) is 2.66. The maximum absolute atomic E-state index is 11.0. The molecule has 16 heavy (non-hydrogen) atoms. The lowest BCUT2D eigenvalue weighted by molar-refractivity contribution is 0.0685. The standard InChI is InChI=1S/C9H14N2O4S/c1-6(16(2)14)4-10-5-7-3-8(9(12)13)11-15-7/h3,6,10H,4-5H2,1-2H3,(H,12,13). The summed E-state index contributed by atoms with van der Waals surface area (Å²) in [6.07, 6.45) is 1.64. The minimum absolute atomic E-state index is 0.0434. The van der Waals surface area contributed by atoms with E-state index in [4.69, 9.17) is 9.63 Å². The fourth-order valence-corrected chi connectivity index (χ4v) is 1.37. The molecule has 1 heterocycles. The highest BCUT2D eigenvalue weighted by molar-refractivity contribution is 7.84. The number of hydrogen-bond acceptors (Lipinski definition) is 5. The van der Waals surface area contributed by atoms with Crippen LogP contribution in [0.15, 0.2) is 10.6 Å². The SMILES string of the molecule is CC(CNCc1cc(C(=O)O)no1)S(C)=O. The monoisotopic (exact) mass is 246 g/mol. The molecule has 2 unspecified atom stereocenters. The third-order valence-corrected chi connectivity index (χ3v) is 3.38. The number of carbonyl (C=O) groups is 1. The predicted molar refractivity (Wildman–Crippen MR) is 58.7 cm³/mol. The molecule has 2 atom stereocenters. The lowest BCUT2D eigenvalue weighted by Gasteiger charge is -2.07. The van der Waals surface area contributed by atoms with E-state index in [1.54, 1.807) is 6.26 Å². The normalized spacial score (nSPS) is 14.6. The summed E-state index contributed by atoms with van der Waals surface area (Å²) in [5.74, 6) is -0.662. The lowest BCUT2D eigenvalue weighted by atomic mass is 10.3. The van der Waals surface area contributed by atoms with Gasteiger partial charge in [-0.25, -0.2) is 4.79 Å². The van der Waals surface area contributed by atoms with E-state index in [0.717, 1.165) is 0 Å². The lowest BCUT2D eigenvalue weighted by Crippen LogP contribution is -2.26. The van der Waals surface area contributed by atoms with Crippen LogP contribution in [0.2, 0.25) is 0 Å². The summed E-state index contributed by atoms with van der Waals surface area (Å²) in [6.45, 7) is 2.82. The largest absolute Gasteiger partial charge is 0.476 e. The molecule has 1 aromatic heterocycles. The molecule has 0 aromatic carbocycles. The molecule has 0 fully saturated rings. The van der Waals surface area contributed by atoms with E-state index in [9.17, 15) is 9.00 Å². The van der Waals surface area contributed by atoms with Crippen LogP contribution in [0, 0.1) is 0 Å². The molecule has 0 radical (unpaired) electrons. The fraction of sp³-hybridized carbons (Fsp3) is 0.556. The molecule has 1 rings (SSSR count). The molecule has 0 spiro atoms. The summed E-state index contributed by atoms with van der Waals surface area (Å²) < 4.78 is 15.8. The number of nitrogens with one attached hydrogen (secondary N) is 1. The van der Waals surface area contributed by atoms with Gasteiger partial charge in [0.05, 0.1) is 6.54 Å². The minimum Gasteiger partial charge on any atom is -0.476 e. The van der Waals surface area contributed by atoms with Crippen LogP contribution in [0.3, 0.4) is 0 Å². The van der Waals surface area contributed by atoms with Crippen molar-refractivity contribution in [2.24, 2.45) is 0 Å². The van der Waals surface area contributed by atoms with Crippen LogP contribution in [0.25, 0.3) is 0 Å². The molecule has 0 amide bonds. The Bertz CT molecular complexity index is 391. The van der Waals surface area contributed by atoms with Gasteiger partial charge < -0.3 is 14.9 Å². The van der Waals surface area contributed by atoms with Crippen molar-refractivity contribution in [2.75, 3.05) is 12.8 Å². The van der Waals surface area contributed by atoms with Crippen molar-refractivity contribution < 1.29 is 18.6 Å². The zero-order valence-corrected chi connectivity index (χ0v) is 9.91. The molecule has 7 heteroatoms. The number of carboxylic acids is 1. The predicted octanol–water partition coefficient (Wildman–Crippen LogP) is 0.229. The van der Waals surface area contributed by atoms with Gasteiger partial charge in [0.15, 0.2) is 11.5 Å². The second-order valence-corrected chi connectivity index (χ2v) is 5.23. The number of aromatic carboxylic acids is 1. The van der Waals surface area contributed by atoms with Crippen molar-refractivity contribution >= 4 is 16.8 Å². The molecular formula is C9H14N2O4S. The smallest absolute Gasteiger partial charge is 0.358 e. The van der Waals surface area contributed by atoms with Crippen LogP contribution in [0.5, 0.6) is 0 Å². The van der Waals surface area contributed by atoms with Crippen LogP contribution in [0.1, 0.15) is 23.2 Å². The molecule has 90 valence electrons. The van der Waals surface area contributed by atoms with E-state index < -0.39 is 16.8 Å². The number of rotatable bonds is 6. The van der Waals surface area contributed by atoms with E-state index in [-0.39, 0.29) is 10.9 Å².